The summed E-state index contributed by atoms with van der Waals surface area (Å²) in [5.41, 5.74) is 3.54. The normalized spacial score (nSPS) is 11.2. The Hall–Kier alpha value is -4.88. The Morgan fingerprint density at radius 1 is 0.884 bits per heavy atom. The predicted molar refractivity (Wildman–Crippen MR) is 170 cm³/mol. The van der Waals surface area contributed by atoms with Crippen LogP contribution in [0.2, 0.25) is 5.02 Å². The van der Waals surface area contributed by atoms with Gasteiger partial charge in [0.05, 0.1) is 13.7 Å². The summed E-state index contributed by atoms with van der Waals surface area (Å²) in [4.78, 5) is 40.2. The van der Waals surface area contributed by atoms with Crippen LogP contribution in [0.5, 0.6) is 5.75 Å². The number of nitrogens with zero attached hydrogens (tertiary/aromatic N) is 1. The van der Waals surface area contributed by atoms with Crippen molar-refractivity contribution in [3.8, 4) is 5.75 Å². The highest BCUT2D eigenvalue weighted by Gasteiger charge is 2.23. The zero-order chi connectivity index (χ0) is 30.8. The molecule has 0 spiro atoms. The lowest BCUT2D eigenvalue weighted by molar-refractivity contribution is -0.141. The number of carbonyl (C=O) groups excluding carboxylic acids is 3. The topological polar surface area (TPSA) is 84.9 Å². The molecule has 0 fully saturated rings. The second-order valence-electron chi connectivity index (χ2n) is 9.87. The van der Waals surface area contributed by atoms with Gasteiger partial charge in [0.1, 0.15) is 18.4 Å². The number of para-hydroxylation sites is 1. The van der Waals surface area contributed by atoms with E-state index in [0.29, 0.717) is 51.8 Å². The Morgan fingerprint density at radius 2 is 1.53 bits per heavy atom. The van der Waals surface area contributed by atoms with Crippen LogP contribution in [0, 0.1) is 0 Å². The van der Waals surface area contributed by atoms with Crippen LogP contribution in [0.25, 0.3) is 0 Å². The van der Waals surface area contributed by atoms with E-state index in [1.807, 2.05) is 48.5 Å². The molecule has 0 heterocycles. The molecule has 0 radical (unpaired) electrons. The number of ether oxygens (including phenoxy) is 2. The molecule has 4 aromatic rings. The summed E-state index contributed by atoms with van der Waals surface area (Å²) >= 11 is 6.01. The van der Waals surface area contributed by atoms with Gasteiger partial charge in [-0.1, -0.05) is 72.8 Å². The van der Waals surface area contributed by atoms with Crippen LogP contribution in [-0.2, 0) is 20.7 Å². The van der Waals surface area contributed by atoms with Crippen LogP contribution in [0.1, 0.15) is 28.4 Å². The molecule has 220 valence electrons. The average Bonchev–Trinajstić information content (AvgIpc) is 3.03. The Kier molecular flexibility index (Phi) is 10.7. The standard InChI is InChI=1S/C35H33ClN2O5/c1-24(2)34(40)38(28-17-15-27(36)16-18-28)21-22-43-29-19-13-25(14-20-29)23-32(35(41)42-3)37-31-12-8-7-11-30(31)33(39)26-9-5-4-6-10-26/h4-20,32,37H,1,21-23H2,2-3H3. The van der Waals surface area contributed by atoms with Crippen molar-refractivity contribution in [2.45, 2.75) is 19.4 Å². The molecule has 4 aromatic carbocycles. The van der Waals surface area contributed by atoms with Gasteiger partial charge >= 0.3 is 5.97 Å². The van der Waals surface area contributed by atoms with Crippen molar-refractivity contribution >= 4 is 40.6 Å². The van der Waals surface area contributed by atoms with Gasteiger partial charge in [0, 0.05) is 39.5 Å². The first-order valence-electron chi connectivity index (χ1n) is 13.7. The van der Waals surface area contributed by atoms with E-state index in [-0.39, 0.29) is 18.3 Å². The summed E-state index contributed by atoms with van der Waals surface area (Å²) in [6, 6.07) is 29.7. The van der Waals surface area contributed by atoms with E-state index in [2.05, 4.69) is 11.9 Å². The highest BCUT2D eigenvalue weighted by molar-refractivity contribution is 6.30. The molecule has 0 aromatic heterocycles. The van der Waals surface area contributed by atoms with Crippen molar-refractivity contribution in [3.63, 3.8) is 0 Å². The molecule has 0 aliphatic carbocycles. The largest absolute Gasteiger partial charge is 0.492 e. The van der Waals surface area contributed by atoms with Crippen LogP contribution in [0.15, 0.2) is 115 Å². The van der Waals surface area contributed by atoms with Gasteiger partial charge in [0.15, 0.2) is 5.78 Å². The molecule has 0 saturated carbocycles. The van der Waals surface area contributed by atoms with Gasteiger partial charge < -0.3 is 19.7 Å². The van der Waals surface area contributed by atoms with Crippen LogP contribution >= 0.6 is 11.6 Å². The van der Waals surface area contributed by atoms with Gasteiger partial charge in [0.25, 0.3) is 5.91 Å². The van der Waals surface area contributed by atoms with Crippen molar-refractivity contribution in [3.05, 3.63) is 137 Å². The first-order chi connectivity index (χ1) is 20.8. The van der Waals surface area contributed by atoms with Gasteiger partial charge in [-0.2, -0.15) is 0 Å². The highest BCUT2D eigenvalue weighted by Crippen LogP contribution is 2.23. The number of hydrogen-bond acceptors (Lipinski definition) is 6. The summed E-state index contributed by atoms with van der Waals surface area (Å²) in [6.07, 6.45) is 0.318. The molecule has 0 aliphatic heterocycles. The van der Waals surface area contributed by atoms with Gasteiger partial charge in [-0.25, -0.2) is 4.79 Å². The lowest BCUT2D eigenvalue weighted by Crippen LogP contribution is -2.35. The third-order valence-corrected chi connectivity index (χ3v) is 6.97. The lowest BCUT2D eigenvalue weighted by atomic mass is 10.00. The van der Waals surface area contributed by atoms with Crippen molar-refractivity contribution in [1.82, 2.24) is 0 Å². The first-order valence-corrected chi connectivity index (χ1v) is 14.1. The molecule has 0 aliphatic rings. The minimum atomic E-state index is -0.734. The third kappa shape index (κ3) is 8.33. The minimum absolute atomic E-state index is 0.145. The number of hydrogen-bond donors (Lipinski definition) is 1. The molecular weight excluding hydrogens is 564 g/mol. The molecule has 1 N–H and O–H groups in total. The van der Waals surface area contributed by atoms with E-state index in [9.17, 15) is 14.4 Å². The van der Waals surface area contributed by atoms with E-state index in [0.717, 1.165) is 5.56 Å². The van der Waals surface area contributed by atoms with E-state index in [4.69, 9.17) is 21.1 Å². The Morgan fingerprint density at radius 3 is 2.19 bits per heavy atom. The molecule has 1 unspecified atom stereocenters. The lowest BCUT2D eigenvalue weighted by Gasteiger charge is -2.23. The van der Waals surface area contributed by atoms with Gasteiger partial charge in [-0.3, -0.25) is 9.59 Å². The second-order valence-corrected chi connectivity index (χ2v) is 10.3. The number of methoxy groups -OCH3 is 1. The number of amides is 1. The fourth-order valence-electron chi connectivity index (χ4n) is 4.49. The van der Waals surface area contributed by atoms with Crippen LogP contribution in [0.3, 0.4) is 0 Å². The molecule has 1 amide bonds. The fraction of sp³-hybridized carbons (Fsp3) is 0.171. The highest BCUT2D eigenvalue weighted by atomic mass is 35.5. The zero-order valence-electron chi connectivity index (χ0n) is 24.1. The molecule has 1 atom stereocenters. The van der Waals surface area contributed by atoms with E-state index < -0.39 is 12.0 Å². The second kappa shape index (κ2) is 14.8. The summed E-state index contributed by atoms with van der Waals surface area (Å²) in [5, 5.41) is 3.80. The van der Waals surface area contributed by atoms with Gasteiger partial charge in [-0.05, 0) is 61.0 Å². The number of anilines is 2. The van der Waals surface area contributed by atoms with Crippen molar-refractivity contribution in [2.24, 2.45) is 0 Å². The first kappa shape index (κ1) is 31.1. The molecular formula is C35H33ClN2O5. The monoisotopic (exact) mass is 596 g/mol. The molecule has 4 rings (SSSR count). The third-order valence-electron chi connectivity index (χ3n) is 6.72. The Balaban J connectivity index is 1.42. The number of rotatable bonds is 13. The molecule has 7 nitrogen and oxygen atoms in total. The fourth-order valence-corrected chi connectivity index (χ4v) is 4.61. The van der Waals surface area contributed by atoms with Gasteiger partial charge in [-0.15, -0.1) is 0 Å². The minimum Gasteiger partial charge on any atom is -0.492 e. The summed E-state index contributed by atoms with van der Waals surface area (Å²) in [6.45, 7) is 6.00. The van der Waals surface area contributed by atoms with E-state index in [1.54, 1.807) is 66.4 Å². The Bertz CT molecular complexity index is 1570. The summed E-state index contributed by atoms with van der Waals surface area (Å²) in [5.74, 6) is -0.182. The quantitative estimate of drug-likeness (QED) is 0.104. The zero-order valence-corrected chi connectivity index (χ0v) is 24.8. The maximum atomic E-state index is 13.2. The maximum Gasteiger partial charge on any atom is 0.328 e. The number of nitrogens with one attached hydrogen (secondary N) is 1. The smallest absolute Gasteiger partial charge is 0.328 e. The predicted octanol–water partition coefficient (Wildman–Crippen LogP) is 6.76. The van der Waals surface area contributed by atoms with Crippen LogP contribution in [0.4, 0.5) is 11.4 Å². The SMILES string of the molecule is C=C(C)C(=O)N(CCOc1ccc(CC(Nc2ccccc2C(=O)c2ccccc2)C(=O)OC)cc1)c1ccc(Cl)cc1. The number of carbonyl (C=O) groups is 3. The molecule has 0 saturated heterocycles. The molecule has 0 bridgehead atoms. The van der Waals surface area contributed by atoms with Crippen molar-refractivity contribution in [2.75, 3.05) is 30.5 Å². The summed E-state index contributed by atoms with van der Waals surface area (Å²) in [7, 11) is 1.33. The van der Waals surface area contributed by atoms with Crippen LogP contribution in [-0.4, -0.2) is 44.0 Å². The molecule has 43 heavy (non-hydrogen) atoms. The van der Waals surface area contributed by atoms with E-state index >= 15 is 0 Å². The average molecular weight is 597 g/mol. The molecule has 8 heteroatoms. The van der Waals surface area contributed by atoms with Crippen LogP contribution < -0.4 is 15.0 Å². The summed E-state index contributed by atoms with van der Waals surface area (Å²) < 4.78 is 11.0. The van der Waals surface area contributed by atoms with E-state index in [1.165, 1.54) is 7.11 Å². The Labute approximate surface area is 256 Å². The maximum absolute atomic E-state index is 13.2. The van der Waals surface area contributed by atoms with Crippen molar-refractivity contribution in [1.29, 1.82) is 0 Å². The number of esters is 1. The number of ketones is 1. The number of benzene rings is 4. The van der Waals surface area contributed by atoms with Gasteiger partial charge in [0.2, 0.25) is 0 Å². The van der Waals surface area contributed by atoms with Crippen molar-refractivity contribution < 1.29 is 23.9 Å². The number of halogens is 1.